The maximum atomic E-state index is 14.7. The van der Waals surface area contributed by atoms with Gasteiger partial charge < -0.3 is 29.4 Å². The Labute approximate surface area is 226 Å². The highest BCUT2D eigenvalue weighted by Gasteiger charge is 2.29. The molecule has 2 aromatic heterocycles. The van der Waals surface area contributed by atoms with E-state index >= 15 is 0 Å². The molecule has 2 fully saturated rings. The molecule has 1 aromatic carbocycles. The van der Waals surface area contributed by atoms with Crippen molar-refractivity contribution in [3.05, 3.63) is 36.0 Å². The first-order valence-corrected chi connectivity index (χ1v) is 13.2. The molecule has 5 rings (SSSR count). The number of nitrogens with one attached hydrogen (secondary N) is 2. The number of carbonyl (C=O) groups is 2. The van der Waals surface area contributed by atoms with Crippen LogP contribution in [-0.2, 0) is 4.74 Å². The molecule has 2 N–H and O–H groups in total. The minimum absolute atomic E-state index is 0.0825. The lowest BCUT2D eigenvalue weighted by atomic mass is 10.0. The van der Waals surface area contributed by atoms with Crippen LogP contribution >= 0.6 is 0 Å². The number of H-pyrrole nitrogens is 1. The molecule has 11 heteroatoms. The van der Waals surface area contributed by atoms with Crippen molar-refractivity contribution >= 4 is 23.0 Å². The lowest BCUT2D eigenvalue weighted by Gasteiger charge is -2.33. The molecule has 0 bridgehead atoms. The van der Waals surface area contributed by atoms with E-state index in [0.29, 0.717) is 72.1 Å². The summed E-state index contributed by atoms with van der Waals surface area (Å²) in [6.07, 6.45) is 6.04. The lowest BCUT2D eigenvalue weighted by molar-refractivity contribution is 0.0199. The van der Waals surface area contributed by atoms with E-state index in [1.54, 1.807) is 11.1 Å². The number of piperidine rings is 1. The van der Waals surface area contributed by atoms with Crippen molar-refractivity contribution < 1.29 is 28.2 Å². The van der Waals surface area contributed by atoms with Crippen molar-refractivity contribution in [1.82, 2.24) is 25.2 Å². The van der Waals surface area contributed by atoms with Crippen LogP contribution in [0.4, 0.5) is 9.18 Å². The van der Waals surface area contributed by atoms with Gasteiger partial charge in [-0.05, 0) is 58.4 Å². The van der Waals surface area contributed by atoms with Gasteiger partial charge in [0, 0.05) is 37.0 Å². The number of amides is 2. The van der Waals surface area contributed by atoms with Crippen molar-refractivity contribution in [2.24, 2.45) is 5.92 Å². The van der Waals surface area contributed by atoms with Gasteiger partial charge in [-0.3, -0.25) is 4.79 Å². The molecule has 0 atom stereocenters. The lowest BCUT2D eigenvalue weighted by Crippen LogP contribution is -2.47. The smallest absolute Gasteiger partial charge is 0.410 e. The number of nitrogens with zero attached hydrogens (tertiary/aromatic N) is 3. The summed E-state index contributed by atoms with van der Waals surface area (Å²) in [6, 6.07) is 2.77. The van der Waals surface area contributed by atoms with Gasteiger partial charge in [0.15, 0.2) is 11.6 Å². The molecule has 1 aliphatic carbocycles. The maximum Gasteiger partial charge on any atom is 0.410 e. The number of carbonyl (C=O) groups excluding carboxylic acids is 2. The summed E-state index contributed by atoms with van der Waals surface area (Å²) >= 11 is 0. The second kappa shape index (κ2) is 10.7. The Morgan fingerprint density at radius 3 is 2.54 bits per heavy atom. The molecule has 0 unspecified atom stereocenters. The van der Waals surface area contributed by atoms with E-state index in [1.165, 1.54) is 25.6 Å². The average molecular weight is 540 g/mol. The van der Waals surface area contributed by atoms with Gasteiger partial charge in [-0.25, -0.2) is 19.2 Å². The first kappa shape index (κ1) is 26.7. The van der Waals surface area contributed by atoms with Crippen LogP contribution in [0.3, 0.4) is 0 Å². The normalized spacial score (nSPS) is 16.3. The van der Waals surface area contributed by atoms with Gasteiger partial charge in [-0.1, -0.05) is 0 Å². The van der Waals surface area contributed by atoms with Crippen molar-refractivity contribution in [3.8, 4) is 22.8 Å². The van der Waals surface area contributed by atoms with Gasteiger partial charge in [0.2, 0.25) is 0 Å². The number of rotatable bonds is 7. The zero-order chi connectivity index (χ0) is 27.7. The van der Waals surface area contributed by atoms with Crippen molar-refractivity contribution in [1.29, 1.82) is 0 Å². The van der Waals surface area contributed by atoms with Crippen LogP contribution in [0.25, 0.3) is 22.3 Å². The number of aromatic nitrogens is 3. The molecule has 39 heavy (non-hydrogen) atoms. The molecule has 1 aliphatic heterocycles. The summed E-state index contributed by atoms with van der Waals surface area (Å²) < 4.78 is 31.4. The molecule has 1 saturated heterocycles. The fraction of sp³-hybridized carbons (Fsp3) is 0.500. The fourth-order valence-corrected chi connectivity index (χ4v) is 4.60. The third-order valence-corrected chi connectivity index (χ3v) is 6.87. The minimum atomic E-state index is -0.556. The Hall–Kier alpha value is -3.89. The van der Waals surface area contributed by atoms with Crippen LogP contribution in [0.15, 0.2) is 24.7 Å². The van der Waals surface area contributed by atoms with Crippen LogP contribution in [-0.4, -0.2) is 70.3 Å². The van der Waals surface area contributed by atoms with Gasteiger partial charge in [0.05, 0.1) is 24.8 Å². The third kappa shape index (κ3) is 6.07. The molecular weight excluding hydrogens is 505 g/mol. The maximum absolute atomic E-state index is 14.7. The van der Waals surface area contributed by atoms with E-state index in [9.17, 15) is 14.0 Å². The number of halogens is 1. The largest absolute Gasteiger partial charge is 0.494 e. The number of ether oxygens (including phenoxy) is 3. The second-order valence-electron chi connectivity index (χ2n) is 11.1. The monoisotopic (exact) mass is 539 g/mol. The highest BCUT2D eigenvalue weighted by Crippen LogP contribution is 2.39. The molecule has 2 aliphatic rings. The molecule has 0 spiro atoms. The Bertz CT molecular complexity index is 1370. The summed E-state index contributed by atoms with van der Waals surface area (Å²) in [5.41, 5.74) is 1.61. The molecular formula is C28H34FN5O5. The van der Waals surface area contributed by atoms with E-state index in [0.717, 1.165) is 12.8 Å². The first-order chi connectivity index (χ1) is 18.6. The van der Waals surface area contributed by atoms with Gasteiger partial charge >= 0.3 is 6.09 Å². The predicted octanol–water partition coefficient (Wildman–Crippen LogP) is 4.69. The predicted molar refractivity (Wildman–Crippen MR) is 142 cm³/mol. The summed E-state index contributed by atoms with van der Waals surface area (Å²) in [7, 11) is 1.41. The minimum Gasteiger partial charge on any atom is -0.494 e. The molecule has 3 aromatic rings. The number of fused-ring (bicyclic) bond motifs is 1. The zero-order valence-corrected chi connectivity index (χ0v) is 22.7. The number of aromatic amines is 1. The summed E-state index contributed by atoms with van der Waals surface area (Å²) in [6.45, 7) is 7.02. The molecule has 208 valence electrons. The van der Waals surface area contributed by atoms with E-state index in [2.05, 4.69) is 20.3 Å². The number of hydrogen-bond acceptors (Lipinski definition) is 7. The van der Waals surface area contributed by atoms with Crippen molar-refractivity contribution in [3.63, 3.8) is 0 Å². The van der Waals surface area contributed by atoms with Crippen LogP contribution in [0.2, 0.25) is 0 Å². The topological polar surface area (TPSA) is 119 Å². The summed E-state index contributed by atoms with van der Waals surface area (Å²) in [5.74, 6) is 0.209. The van der Waals surface area contributed by atoms with Crippen LogP contribution in [0.5, 0.6) is 11.5 Å². The van der Waals surface area contributed by atoms with E-state index in [-0.39, 0.29) is 23.8 Å². The molecule has 10 nitrogen and oxygen atoms in total. The van der Waals surface area contributed by atoms with Gasteiger partial charge in [0.25, 0.3) is 5.91 Å². The Balaban J connectivity index is 1.33. The summed E-state index contributed by atoms with van der Waals surface area (Å²) in [5, 5.41) is 3.06. The molecule has 2 amide bonds. The van der Waals surface area contributed by atoms with Crippen LogP contribution in [0, 0.1) is 11.7 Å². The van der Waals surface area contributed by atoms with E-state index < -0.39 is 11.4 Å². The van der Waals surface area contributed by atoms with E-state index in [4.69, 9.17) is 14.2 Å². The number of likely N-dealkylation sites (tertiary alicyclic amines) is 1. The zero-order valence-electron chi connectivity index (χ0n) is 22.7. The SMILES string of the molecule is COc1cc(OCC2CC2)c(-c2ncnc3c(C(=O)NC4CCN(C(=O)OC(C)(C)C)CC4)c[nH]c23)cc1F. The van der Waals surface area contributed by atoms with Crippen molar-refractivity contribution in [2.75, 3.05) is 26.8 Å². The fourth-order valence-electron chi connectivity index (χ4n) is 4.60. The highest BCUT2D eigenvalue weighted by molar-refractivity contribution is 6.08. The average Bonchev–Trinajstić information content (AvgIpc) is 3.62. The van der Waals surface area contributed by atoms with Crippen LogP contribution < -0.4 is 14.8 Å². The molecule has 3 heterocycles. The molecule has 0 radical (unpaired) electrons. The van der Waals surface area contributed by atoms with Gasteiger partial charge in [-0.2, -0.15) is 0 Å². The van der Waals surface area contributed by atoms with Gasteiger partial charge in [0.1, 0.15) is 28.9 Å². The number of methoxy groups -OCH3 is 1. The quantitative estimate of drug-likeness (QED) is 0.447. The summed E-state index contributed by atoms with van der Waals surface area (Å²) in [4.78, 5) is 39.1. The van der Waals surface area contributed by atoms with Gasteiger partial charge in [-0.15, -0.1) is 0 Å². The molecule has 1 saturated carbocycles. The standard InChI is InChI=1S/C28H34FN5O5/c1-28(2,3)39-27(36)34-9-7-17(8-10-34)33-26(35)19-13-30-25-23(31-15-32-24(19)25)18-11-20(29)22(37-4)12-21(18)38-14-16-5-6-16/h11-13,15-17,30H,5-10,14H2,1-4H3,(H,33,35). The third-order valence-electron chi connectivity index (χ3n) is 6.87. The number of benzene rings is 1. The van der Waals surface area contributed by atoms with Crippen LogP contribution in [0.1, 0.15) is 56.8 Å². The van der Waals surface area contributed by atoms with Crippen molar-refractivity contribution in [2.45, 2.75) is 58.1 Å². The van der Waals surface area contributed by atoms with E-state index in [1.807, 2.05) is 20.8 Å². The second-order valence-corrected chi connectivity index (χ2v) is 11.1. The highest BCUT2D eigenvalue weighted by atomic mass is 19.1. The first-order valence-electron chi connectivity index (χ1n) is 13.2. The Kier molecular flexibility index (Phi) is 7.33. The Morgan fingerprint density at radius 2 is 1.87 bits per heavy atom. The number of hydrogen-bond donors (Lipinski definition) is 2. The Morgan fingerprint density at radius 1 is 1.13 bits per heavy atom.